The zero-order valence-corrected chi connectivity index (χ0v) is 9.80. The molecule has 2 rings (SSSR count). The number of rotatable bonds is 4. The van der Waals surface area contributed by atoms with E-state index in [0.717, 1.165) is 16.6 Å². The van der Waals surface area contributed by atoms with Crippen LogP contribution in [0, 0.1) is 0 Å². The number of fused-ring (bicyclic) bond motifs is 1. The summed E-state index contributed by atoms with van der Waals surface area (Å²) in [5.41, 5.74) is 6.39. The first-order chi connectivity index (χ1) is 7.79. The summed E-state index contributed by atoms with van der Waals surface area (Å²) in [4.78, 5) is 15.6. The van der Waals surface area contributed by atoms with Crippen molar-refractivity contribution >= 4 is 32.6 Å². The van der Waals surface area contributed by atoms with Gasteiger partial charge >= 0.3 is 0 Å². The van der Waals surface area contributed by atoms with Crippen molar-refractivity contribution in [2.45, 2.75) is 19.8 Å². The molecule has 0 spiro atoms. The number of para-hydroxylation sites is 1. The van der Waals surface area contributed by atoms with Crippen molar-refractivity contribution in [3.63, 3.8) is 0 Å². The Hall–Kier alpha value is -1.62. The van der Waals surface area contributed by atoms with Gasteiger partial charge in [0.25, 0.3) is 0 Å². The van der Waals surface area contributed by atoms with Crippen LogP contribution in [-0.2, 0) is 4.79 Å². The maximum Gasteiger partial charge on any atom is 0.238 e. The van der Waals surface area contributed by atoms with E-state index in [0.29, 0.717) is 11.6 Å². The maximum absolute atomic E-state index is 11.2. The van der Waals surface area contributed by atoms with E-state index in [1.54, 1.807) is 0 Å². The maximum atomic E-state index is 11.2. The first kappa shape index (κ1) is 10.9. The van der Waals surface area contributed by atoms with Crippen LogP contribution in [0.15, 0.2) is 24.3 Å². The van der Waals surface area contributed by atoms with Gasteiger partial charge in [-0.25, -0.2) is 4.98 Å². The van der Waals surface area contributed by atoms with Gasteiger partial charge in [-0.2, -0.15) is 0 Å². The second kappa shape index (κ2) is 4.94. The summed E-state index contributed by atoms with van der Waals surface area (Å²) in [5, 5.41) is 0.714. The lowest BCUT2D eigenvalue weighted by atomic mass is 10.3. The van der Waals surface area contributed by atoms with Crippen molar-refractivity contribution < 1.29 is 4.79 Å². The highest BCUT2D eigenvalue weighted by Crippen LogP contribution is 2.24. The number of anilines is 1. The second-order valence-corrected chi connectivity index (χ2v) is 4.44. The zero-order chi connectivity index (χ0) is 11.4. The van der Waals surface area contributed by atoms with Gasteiger partial charge in [-0.05, 0) is 18.6 Å². The summed E-state index contributed by atoms with van der Waals surface area (Å²) in [6.45, 7) is 1.97. The fraction of sp³-hybridized carbons (Fsp3) is 0.273. The molecule has 0 saturated heterocycles. The Morgan fingerprint density at radius 1 is 1.44 bits per heavy atom. The average Bonchev–Trinajstić information content (AvgIpc) is 2.69. The molecule has 0 atom stereocenters. The third-order valence-corrected chi connectivity index (χ3v) is 3.03. The van der Waals surface area contributed by atoms with Crippen molar-refractivity contribution in [1.29, 1.82) is 0 Å². The van der Waals surface area contributed by atoms with Gasteiger partial charge in [0.05, 0.1) is 10.2 Å². The number of carbonyl (C=O) groups is 1. The second-order valence-electron chi connectivity index (χ2n) is 3.41. The summed E-state index contributed by atoms with van der Waals surface area (Å²) < 4.78 is 1.11. The molecular weight excluding hydrogens is 222 g/mol. The van der Waals surface area contributed by atoms with E-state index in [9.17, 15) is 4.79 Å². The van der Waals surface area contributed by atoms with Crippen LogP contribution in [0.4, 0.5) is 5.13 Å². The topological polar surface area (TPSA) is 54.0 Å². The van der Waals surface area contributed by atoms with Gasteiger partial charge in [0.2, 0.25) is 11.0 Å². The molecule has 4 nitrogen and oxygen atoms in total. The van der Waals surface area contributed by atoms with Crippen LogP contribution in [0.2, 0.25) is 0 Å². The zero-order valence-electron chi connectivity index (χ0n) is 8.99. The number of benzene rings is 1. The largest absolute Gasteiger partial charge is 0.273 e. The standard InChI is InChI=1S/C11H13N3OS/c1-2-5-10(15)13-14-11-12-8-6-3-4-7-9(8)16-11/h3-4,6-7H,2,5H2,1H3,(H,12,14)(H,13,15). The molecule has 2 N–H and O–H groups in total. The number of thiazole rings is 1. The fourth-order valence-electron chi connectivity index (χ4n) is 1.34. The molecular formula is C11H13N3OS. The third kappa shape index (κ3) is 2.49. The Balaban J connectivity index is 2.02. The van der Waals surface area contributed by atoms with Crippen molar-refractivity contribution in [3.8, 4) is 0 Å². The van der Waals surface area contributed by atoms with E-state index in [2.05, 4.69) is 15.8 Å². The van der Waals surface area contributed by atoms with Crippen LogP contribution >= 0.6 is 11.3 Å². The summed E-state index contributed by atoms with van der Waals surface area (Å²) in [6.07, 6.45) is 1.37. The number of hydrogen-bond donors (Lipinski definition) is 2. The Morgan fingerprint density at radius 2 is 2.25 bits per heavy atom. The van der Waals surface area contributed by atoms with Crippen LogP contribution in [0.5, 0.6) is 0 Å². The Morgan fingerprint density at radius 3 is 3.00 bits per heavy atom. The summed E-state index contributed by atoms with van der Waals surface area (Å²) in [5.74, 6) is -0.0123. The van der Waals surface area contributed by atoms with Crippen molar-refractivity contribution in [1.82, 2.24) is 10.4 Å². The van der Waals surface area contributed by atoms with Crippen LogP contribution in [-0.4, -0.2) is 10.9 Å². The number of amides is 1. The molecule has 1 aromatic carbocycles. The molecule has 0 fully saturated rings. The van der Waals surface area contributed by atoms with Crippen LogP contribution in [0.25, 0.3) is 10.2 Å². The highest BCUT2D eigenvalue weighted by Gasteiger charge is 2.03. The predicted molar refractivity (Wildman–Crippen MR) is 66.3 cm³/mol. The molecule has 0 saturated carbocycles. The highest BCUT2D eigenvalue weighted by atomic mass is 32.1. The fourth-order valence-corrected chi connectivity index (χ4v) is 2.16. The first-order valence-corrected chi connectivity index (χ1v) is 6.01. The lowest BCUT2D eigenvalue weighted by Crippen LogP contribution is -2.28. The average molecular weight is 235 g/mol. The third-order valence-electron chi connectivity index (χ3n) is 2.08. The molecule has 16 heavy (non-hydrogen) atoms. The normalized spacial score (nSPS) is 10.3. The number of nitrogens with zero attached hydrogens (tertiary/aromatic N) is 1. The van der Waals surface area contributed by atoms with E-state index in [1.165, 1.54) is 11.3 Å². The molecule has 0 aliphatic carbocycles. The van der Waals surface area contributed by atoms with Gasteiger partial charge in [-0.1, -0.05) is 30.4 Å². The molecule has 1 amide bonds. The minimum atomic E-state index is -0.0123. The molecule has 2 aromatic rings. The molecule has 1 aromatic heterocycles. The molecule has 5 heteroatoms. The highest BCUT2D eigenvalue weighted by molar-refractivity contribution is 7.22. The number of aromatic nitrogens is 1. The van der Waals surface area contributed by atoms with E-state index < -0.39 is 0 Å². The number of hydrazine groups is 1. The lowest BCUT2D eigenvalue weighted by molar-refractivity contribution is -0.120. The number of hydrogen-bond acceptors (Lipinski definition) is 4. The summed E-state index contributed by atoms with van der Waals surface area (Å²) in [6, 6.07) is 7.87. The minimum absolute atomic E-state index is 0.0123. The quantitative estimate of drug-likeness (QED) is 0.801. The summed E-state index contributed by atoms with van der Waals surface area (Å²) >= 11 is 1.52. The molecule has 84 valence electrons. The van der Waals surface area contributed by atoms with Gasteiger partial charge < -0.3 is 0 Å². The molecule has 0 radical (unpaired) electrons. The van der Waals surface area contributed by atoms with Gasteiger partial charge in [0, 0.05) is 6.42 Å². The van der Waals surface area contributed by atoms with Crippen LogP contribution < -0.4 is 10.9 Å². The van der Waals surface area contributed by atoms with Crippen LogP contribution in [0.3, 0.4) is 0 Å². The first-order valence-electron chi connectivity index (χ1n) is 5.20. The molecule has 0 aliphatic rings. The Labute approximate surface area is 97.7 Å². The molecule has 1 heterocycles. The number of carbonyl (C=O) groups excluding carboxylic acids is 1. The molecule has 0 bridgehead atoms. The van der Waals surface area contributed by atoms with E-state index >= 15 is 0 Å². The Kier molecular flexibility index (Phi) is 3.36. The van der Waals surface area contributed by atoms with Crippen molar-refractivity contribution in [2.24, 2.45) is 0 Å². The smallest absolute Gasteiger partial charge is 0.238 e. The summed E-state index contributed by atoms with van der Waals surface area (Å²) in [7, 11) is 0. The van der Waals surface area contributed by atoms with E-state index in [-0.39, 0.29) is 5.91 Å². The monoisotopic (exact) mass is 235 g/mol. The number of nitrogens with one attached hydrogen (secondary N) is 2. The van der Waals surface area contributed by atoms with Gasteiger partial charge in [0.1, 0.15) is 0 Å². The van der Waals surface area contributed by atoms with Crippen molar-refractivity contribution in [3.05, 3.63) is 24.3 Å². The molecule has 0 aliphatic heterocycles. The van der Waals surface area contributed by atoms with Gasteiger partial charge in [0.15, 0.2) is 0 Å². The lowest BCUT2D eigenvalue weighted by Gasteiger charge is -2.03. The van der Waals surface area contributed by atoms with E-state index in [1.807, 2.05) is 31.2 Å². The molecule has 0 unspecified atom stereocenters. The van der Waals surface area contributed by atoms with E-state index in [4.69, 9.17) is 0 Å². The van der Waals surface area contributed by atoms with Crippen molar-refractivity contribution in [2.75, 3.05) is 5.43 Å². The SMILES string of the molecule is CCCC(=O)NNc1nc2ccccc2s1. The minimum Gasteiger partial charge on any atom is -0.273 e. The van der Waals surface area contributed by atoms with Gasteiger partial charge in [-0.15, -0.1) is 0 Å². The predicted octanol–water partition coefficient (Wildman–Crippen LogP) is 2.54. The Bertz CT molecular complexity index is 462. The van der Waals surface area contributed by atoms with Gasteiger partial charge in [-0.3, -0.25) is 15.6 Å². The van der Waals surface area contributed by atoms with Crippen LogP contribution in [0.1, 0.15) is 19.8 Å².